The van der Waals surface area contributed by atoms with Gasteiger partial charge in [0.2, 0.25) is 5.91 Å². The molecule has 5 heteroatoms. The van der Waals surface area contributed by atoms with E-state index in [4.69, 9.17) is 0 Å². The number of halogens is 2. The minimum Gasteiger partial charge on any atom is -0.353 e. The number of carbonyl (C=O) groups is 1. The van der Waals surface area contributed by atoms with Crippen LogP contribution in [0.25, 0.3) is 0 Å². The SMILES string of the molecule is CN1[C@H]2CCC[C@H]1CC(NC(=O)[C@H]1C[C@H]1c1cc(F)ccc1F)C2. The molecule has 2 bridgehead atoms. The smallest absolute Gasteiger partial charge is 0.223 e. The average Bonchev–Trinajstić information content (AvgIpc) is 3.31. The van der Waals surface area contributed by atoms with Crippen LogP contribution in [-0.4, -0.2) is 36.0 Å². The standard InChI is InChI=1S/C19H24F2N2O/c1-23-13-3-2-4-14(23)9-12(8-13)22-19(24)17-10-15(17)16-7-11(20)5-6-18(16)21/h5-7,12-15,17H,2-4,8-10H2,1H3,(H,22,24)/t13-,14-,15-,17-/m0/s1. The van der Waals surface area contributed by atoms with E-state index in [1.165, 1.54) is 25.3 Å². The summed E-state index contributed by atoms with van der Waals surface area (Å²) < 4.78 is 27.2. The number of hydrogen-bond donors (Lipinski definition) is 1. The summed E-state index contributed by atoms with van der Waals surface area (Å²) in [5, 5.41) is 3.18. The Bertz CT molecular complexity index is 636. The van der Waals surface area contributed by atoms with E-state index >= 15 is 0 Å². The minimum absolute atomic E-state index is 0.0105. The number of nitrogens with zero attached hydrogens (tertiary/aromatic N) is 1. The third kappa shape index (κ3) is 2.94. The van der Waals surface area contributed by atoms with E-state index in [2.05, 4.69) is 17.3 Å². The summed E-state index contributed by atoms with van der Waals surface area (Å²) in [5.74, 6) is -1.23. The predicted molar refractivity (Wildman–Crippen MR) is 87.6 cm³/mol. The molecule has 4 rings (SSSR count). The van der Waals surface area contributed by atoms with Crippen molar-refractivity contribution in [3.63, 3.8) is 0 Å². The number of fused-ring (bicyclic) bond motifs is 2. The van der Waals surface area contributed by atoms with Gasteiger partial charge in [0.05, 0.1) is 0 Å². The maximum absolute atomic E-state index is 13.9. The fourth-order valence-corrected chi connectivity index (χ4v) is 4.67. The monoisotopic (exact) mass is 334 g/mol. The van der Waals surface area contributed by atoms with Gasteiger partial charge in [-0.2, -0.15) is 0 Å². The lowest BCUT2D eigenvalue weighted by molar-refractivity contribution is -0.123. The molecule has 3 aliphatic rings. The van der Waals surface area contributed by atoms with Gasteiger partial charge in [0.1, 0.15) is 11.6 Å². The maximum Gasteiger partial charge on any atom is 0.223 e. The third-order valence-electron chi connectivity index (χ3n) is 6.17. The molecule has 1 amide bonds. The Hall–Kier alpha value is -1.49. The molecule has 3 fully saturated rings. The number of rotatable bonds is 3. The van der Waals surface area contributed by atoms with Gasteiger partial charge in [-0.05, 0) is 68.8 Å². The van der Waals surface area contributed by atoms with Crippen molar-refractivity contribution in [3.8, 4) is 0 Å². The second-order valence-corrected chi connectivity index (χ2v) is 7.70. The van der Waals surface area contributed by atoms with Gasteiger partial charge >= 0.3 is 0 Å². The Balaban J connectivity index is 1.37. The molecule has 1 N–H and O–H groups in total. The summed E-state index contributed by atoms with van der Waals surface area (Å²) >= 11 is 0. The van der Waals surface area contributed by atoms with Crippen LogP contribution in [0.4, 0.5) is 8.78 Å². The van der Waals surface area contributed by atoms with Gasteiger partial charge in [-0.15, -0.1) is 0 Å². The highest BCUT2D eigenvalue weighted by atomic mass is 19.1. The zero-order valence-electron chi connectivity index (χ0n) is 14.0. The Morgan fingerprint density at radius 2 is 1.88 bits per heavy atom. The van der Waals surface area contributed by atoms with E-state index in [1.54, 1.807) is 0 Å². The van der Waals surface area contributed by atoms with Crippen LogP contribution in [-0.2, 0) is 4.79 Å². The lowest BCUT2D eigenvalue weighted by Crippen LogP contribution is -2.55. The van der Waals surface area contributed by atoms with Crippen LogP contribution in [0, 0.1) is 17.6 Å². The van der Waals surface area contributed by atoms with Gasteiger partial charge in [-0.3, -0.25) is 4.79 Å². The molecule has 130 valence electrons. The molecule has 2 heterocycles. The molecule has 24 heavy (non-hydrogen) atoms. The Kier molecular flexibility index (Phi) is 4.07. The number of amides is 1. The van der Waals surface area contributed by atoms with Gasteiger partial charge in [-0.1, -0.05) is 6.42 Å². The van der Waals surface area contributed by atoms with Crippen molar-refractivity contribution in [1.29, 1.82) is 0 Å². The molecule has 0 aromatic heterocycles. The summed E-state index contributed by atoms with van der Waals surface area (Å²) in [7, 11) is 2.19. The molecular weight excluding hydrogens is 310 g/mol. The van der Waals surface area contributed by atoms with E-state index in [0.29, 0.717) is 24.1 Å². The lowest BCUT2D eigenvalue weighted by Gasteiger charge is -2.47. The van der Waals surface area contributed by atoms with E-state index in [-0.39, 0.29) is 23.8 Å². The third-order valence-corrected chi connectivity index (χ3v) is 6.17. The Morgan fingerprint density at radius 3 is 2.58 bits per heavy atom. The van der Waals surface area contributed by atoms with Crippen LogP contribution >= 0.6 is 0 Å². The van der Waals surface area contributed by atoms with Gasteiger partial charge in [0, 0.05) is 24.0 Å². The average molecular weight is 334 g/mol. The molecule has 3 nitrogen and oxygen atoms in total. The van der Waals surface area contributed by atoms with Gasteiger partial charge in [-0.25, -0.2) is 8.78 Å². The fourth-order valence-electron chi connectivity index (χ4n) is 4.67. The van der Waals surface area contributed by atoms with Crippen LogP contribution in [0.3, 0.4) is 0 Å². The van der Waals surface area contributed by atoms with Crippen molar-refractivity contribution in [1.82, 2.24) is 10.2 Å². The first-order chi connectivity index (χ1) is 11.5. The van der Waals surface area contributed by atoms with Gasteiger partial charge < -0.3 is 10.2 Å². The number of nitrogens with one attached hydrogen (secondary N) is 1. The van der Waals surface area contributed by atoms with Crippen molar-refractivity contribution in [2.24, 2.45) is 5.92 Å². The zero-order chi connectivity index (χ0) is 16.8. The van der Waals surface area contributed by atoms with Crippen LogP contribution < -0.4 is 5.32 Å². The van der Waals surface area contributed by atoms with E-state index in [9.17, 15) is 13.6 Å². The summed E-state index contributed by atoms with van der Waals surface area (Å²) in [6, 6.07) is 4.86. The van der Waals surface area contributed by atoms with Crippen LogP contribution in [0.1, 0.15) is 50.0 Å². The van der Waals surface area contributed by atoms with E-state index in [0.717, 1.165) is 25.0 Å². The van der Waals surface area contributed by atoms with Crippen molar-refractivity contribution >= 4 is 5.91 Å². The van der Waals surface area contributed by atoms with Gasteiger partial charge in [0.25, 0.3) is 0 Å². The highest BCUT2D eigenvalue weighted by Crippen LogP contribution is 2.48. The minimum atomic E-state index is -0.444. The number of hydrogen-bond acceptors (Lipinski definition) is 2. The van der Waals surface area contributed by atoms with E-state index in [1.807, 2.05) is 0 Å². The highest BCUT2D eigenvalue weighted by molar-refractivity contribution is 5.83. The Morgan fingerprint density at radius 1 is 1.17 bits per heavy atom. The molecular formula is C19H24F2N2O. The van der Waals surface area contributed by atoms with Crippen molar-refractivity contribution in [3.05, 3.63) is 35.4 Å². The first-order valence-electron chi connectivity index (χ1n) is 9.00. The summed E-state index contributed by atoms with van der Waals surface area (Å²) in [6.07, 6.45) is 6.32. The molecule has 0 radical (unpaired) electrons. The fraction of sp³-hybridized carbons (Fsp3) is 0.632. The lowest BCUT2D eigenvalue weighted by atomic mass is 9.82. The maximum atomic E-state index is 13.9. The zero-order valence-corrected chi connectivity index (χ0v) is 14.0. The second kappa shape index (κ2) is 6.10. The largest absolute Gasteiger partial charge is 0.353 e. The topological polar surface area (TPSA) is 32.3 Å². The van der Waals surface area contributed by atoms with Crippen LogP contribution in [0.15, 0.2) is 18.2 Å². The molecule has 1 aliphatic carbocycles. The molecule has 1 aromatic rings. The Labute approximate surface area is 141 Å². The molecule has 0 spiro atoms. The first-order valence-corrected chi connectivity index (χ1v) is 9.00. The van der Waals surface area contributed by atoms with Crippen molar-refractivity contribution in [2.45, 2.75) is 62.6 Å². The second-order valence-electron chi connectivity index (χ2n) is 7.70. The van der Waals surface area contributed by atoms with Gasteiger partial charge in [0.15, 0.2) is 0 Å². The van der Waals surface area contributed by atoms with Crippen molar-refractivity contribution < 1.29 is 13.6 Å². The molecule has 2 aliphatic heterocycles. The highest BCUT2D eigenvalue weighted by Gasteiger charge is 2.46. The van der Waals surface area contributed by atoms with Crippen LogP contribution in [0.2, 0.25) is 0 Å². The molecule has 4 atom stereocenters. The first kappa shape index (κ1) is 16.0. The van der Waals surface area contributed by atoms with E-state index < -0.39 is 11.6 Å². The summed E-state index contributed by atoms with van der Waals surface area (Å²) in [6.45, 7) is 0. The quantitative estimate of drug-likeness (QED) is 0.921. The predicted octanol–water partition coefficient (Wildman–Crippen LogP) is 3.20. The molecule has 2 saturated heterocycles. The van der Waals surface area contributed by atoms with Crippen molar-refractivity contribution in [2.75, 3.05) is 7.05 Å². The number of carbonyl (C=O) groups excluding carboxylic acids is 1. The number of benzene rings is 1. The molecule has 0 unspecified atom stereocenters. The molecule has 1 saturated carbocycles. The normalized spacial score (nSPS) is 35.5. The summed E-state index contributed by atoms with van der Waals surface area (Å²) in [5.41, 5.74) is 0.343. The van der Waals surface area contributed by atoms with Crippen LogP contribution in [0.5, 0.6) is 0 Å². The number of piperidine rings is 2. The summed E-state index contributed by atoms with van der Waals surface area (Å²) in [4.78, 5) is 15.0. The molecule has 1 aromatic carbocycles.